The molecule has 3 saturated carbocycles. The number of fused-ring (bicyclic) bond motifs is 5. The van der Waals surface area contributed by atoms with Crippen molar-refractivity contribution in [1.29, 1.82) is 0 Å². The lowest BCUT2D eigenvalue weighted by molar-refractivity contribution is -0.303. The van der Waals surface area contributed by atoms with Crippen LogP contribution in [0.4, 0.5) is 0 Å². The van der Waals surface area contributed by atoms with Crippen molar-refractivity contribution in [2.75, 3.05) is 7.11 Å². The van der Waals surface area contributed by atoms with Crippen molar-refractivity contribution in [3.05, 3.63) is 23.2 Å². The molecule has 0 amide bonds. The van der Waals surface area contributed by atoms with Gasteiger partial charge in [-0.2, -0.15) is 0 Å². The summed E-state index contributed by atoms with van der Waals surface area (Å²) in [7, 11) is 1.47. The SMILES string of the molecule is COC1=CC(C)=C2O[C@@]3(CC2(OO)C1=O)[C@@H](C)CCC1C2(C)CCC(O)C(C)(C)[C@@H]2CCC13C. The van der Waals surface area contributed by atoms with Crippen LogP contribution in [0, 0.1) is 34.0 Å². The summed E-state index contributed by atoms with van der Waals surface area (Å²) in [6.45, 7) is 13.4. The van der Waals surface area contributed by atoms with Gasteiger partial charge in [-0.05, 0) is 85.7 Å². The highest BCUT2D eigenvalue weighted by atomic mass is 17.1. The van der Waals surface area contributed by atoms with Gasteiger partial charge in [0, 0.05) is 11.8 Å². The molecule has 5 unspecified atom stereocenters. The average molecular weight is 475 g/mol. The molecular weight excluding hydrogens is 432 g/mol. The van der Waals surface area contributed by atoms with Crippen LogP contribution in [0.3, 0.4) is 0 Å². The molecule has 190 valence electrons. The van der Waals surface area contributed by atoms with Crippen LogP contribution in [0.15, 0.2) is 23.2 Å². The smallest absolute Gasteiger partial charge is 0.240 e. The molecule has 6 nitrogen and oxygen atoms in total. The van der Waals surface area contributed by atoms with Gasteiger partial charge >= 0.3 is 0 Å². The van der Waals surface area contributed by atoms with Crippen LogP contribution in [0.25, 0.3) is 0 Å². The van der Waals surface area contributed by atoms with Crippen molar-refractivity contribution < 1.29 is 29.5 Å². The zero-order valence-corrected chi connectivity index (χ0v) is 21.9. The molecular formula is C28H42O6. The number of aliphatic hydroxyl groups is 1. The van der Waals surface area contributed by atoms with E-state index in [0.717, 1.165) is 44.1 Å². The number of carbonyl (C=O) groups excluding carboxylic acids is 1. The van der Waals surface area contributed by atoms with E-state index in [0.29, 0.717) is 24.0 Å². The van der Waals surface area contributed by atoms with E-state index in [1.165, 1.54) is 7.11 Å². The zero-order valence-electron chi connectivity index (χ0n) is 21.9. The fourth-order valence-electron chi connectivity index (χ4n) is 9.63. The quantitative estimate of drug-likeness (QED) is 0.411. The maximum Gasteiger partial charge on any atom is 0.240 e. The molecule has 8 atom stereocenters. The Morgan fingerprint density at radius 3 is 2.41 bits per heavy atom. The van der Waals surface area contributed by atoms with Crippen LogP contribution in [0.2, 0.25) is 0 Å². The first-order chi connectivity index (χ1) is 15.8. The Labute approximate surface area is 203 Å². The minimum absolute atomic E-state index is 0.0800. The summed E-state index contributed by atoms with van der Waals surface area (Å²) < 4.78 is 12.3. The van der Waals surface area contributed by atoms with Crippen LogP contribution in [0.5, 0.6) is 0 Å². The molecule has 0 radical (unpaired) electrons. The number of allylic oxidation sites excluding steroid dienone is 2. The van der Waals surface area contributed by atoms with Crippen LogP contribution in [-0.4, -0.2) is 40.6 Å². The highest BCUT2D eigenvalue weighted by molar-refractivity contribution is 6.04. The first-order valence-corrected chi connectivity index (χ1v) is 13.1. The third-order valence-electron chi connectivity index (χ3n) is 11.5. The van der Waals surface area contributed by atoms with E-state index in [1.807, 2.05) is 6.92 Å². The molecule has 0 aromatic rings. The van der Waals surface area contributed by atoms with E-state index in [2.05, 4.69) is 34.6 Å². The van der Waals surface area contributed by atoms with Gasteiger partial charge in [-0.15, -0.1) is 0 Å². The summed E-state index contributed by atoms with van der Waals surface area (Å²) >= 11 is 0. The lowest BCUT2D eigenvalue weighted by Crippen LogP contribution is -2.67. The lowest BCUT2D eigenvalue weighted by atomic mass is 9.37. The Kier molecular flexibility index (Phi) is 5.24. The molecule has 1 aliphatic heterocycles. The average Bonchev–Trinajstić information content (AvgIpc) is 3.17. The first kappa shape index (κ1) is 24.3. The highest BCUT2D eigenvalue weighted by Gasteiger charge is 2.75. The summed E-state index contributed by atoms with van der Waals surface area (Å²) in [5.74, 6) is 1.30. The molecule has 0 aromatic carbocycles. The maximum absolute atomic E-state index is 13.5. The monoisotopic (exact) mass is 474 g/mol. The van der Waals surface area contributed by atoms with E-state index in [4.69, 9.17) is 14.4 Å². The standard InChI is InChI=1S/C28H42O6/c1-16-14-18(32-7)22(30)27(34-31)15-28(33-23(16)27)17(2)8-9-20-25(5)12-11-21(29)24(3,4)19(25)10-13-26(20,28)6/h14,17,19-21,29,31H,8-13,15H2,1-7H3/t17-,19-,20?,21?,25?,26?,27?,28-/m0/s1. The minimum atomic E-state index is -1.55. The van der Waals surface area contributed by atoms with E-state index in [-0.39, 0.29) is 39.8 Å². The predicted molar refractivity (Wildman–Crippen MR) is 128 cm³/mol. The molecule has 5 rings (SSSR count). The summed E-state index contributed by atoms with van der Waals surface area (Å²) in [6.07, 6.45) is 7.65. The first-order valence-electron chi connectivity index (χ1n) is 13.1. The molecule has 2 N–H and O–H groups in total. The van der Waals surface area contributed by atoms with Gasteiger partial charge in [0.2, 0.25) is 11.4 Å². The molecule has 4 fully saturated rings. The van der Waals surface area contributed by atoms with Crippen molar-refractivity contribution in [3.8, 4) is 0 Å². The van der Waals surface area contributed by atoms with E-state index < -0.39 is 11.2 Å². The zero-order chi connectivity index (χ0) is 24.9. The van der Waals surface area contributed by atoms with E-state index in [1.54, 1.807) is 6.08 Å². The Bertz CT molecular complexity index is 966. The topological polar surface area (TPSA) is 85.2 Å². The largest absolute Gasteiger partial charge is 0.493 e. The van der Waals surface area contributed by atoms with Crippen molar-refractivity contribution in [2.45, 2.75) is 104 Å². The Hall–Kier alpha value is -1.37. The molecule has 5 aliphatic rings. The third kappa shape index (κ3) is 2.66. The number of rotatable bonds is 2. The van der Waals surface area contributed by atoms with Gasteiger partial charge in [0.1, 0.15) is 11.4 Å². The van der Waals surface area contributed by atoms with Gasteiger partial charge in [-0.1, -0.05) is 34.6 Å². The number of hydrogen-bond acceptors (Lipinski definition) is 6. The summed E-state index contributed by atoms with van der Waals surface area (Å²) in [5.41, 5.74) is -1.66. The van der Waals surface area contributed by atoms with Gasteiger partial charge in [-0.3, -0.25) is 10.1 Å². The number of Topliss-reactive ketones (excluding diaryl/α,β-unsaturated/α-hetero) is 1. The summed E-state index contributed by atoms with van der Waals surface area (Å²) in [5, 5.41) is 21.1. The van der Waals surface area contributed by atoms with Crippen LogP contribution < -0.4 is 0 Å². The second kappa shape index (κ2) is 7.33. The number of methoxy groups -OCH3 is 1. The van der Waals surface area contributed by atoms with Gasteiger partial charge in [-0.25, -0.2) is 4.89 Å². The molecule has 6 heteroatoms. The number of aliphatic hydroxyl groups excluding tert-OH is 1. The van der Waals surface area contributed by atoms with Crippen LogP contribution in [0.1, 0.15) is 86.5 Å². The van der Waals surface area contributed by atoms with Crippen molar-refractivity contribution in [3.63, 3.8) is 0 Å². The molecule has 0 bridgehead atoms. The Morgan fingerprint density at radius 1 is 1.06 bits per heavy atom. The van der Waals surface area contributed by atoms with Crippen molar-refractivity contribution in [1.82, 2.24) is 0 Å². The Morgan fingerprint density at radius 2 is 1.76 bits per heavy atom. The van der Waals surface area contributed by atoms with Crippen LogP contribution in [-0.2, 0) is 19.2 Å². The van der Waals surface area contributed by atoms with E-state index in [9.17, 15) is 15.2 Å². The molecule has 1 heterocycles. The second-order valence-corrected chi connectivity index (χ2v) is 13.1. The predicted octanol–water partition coefficient (Wildman–Crippen LogP) is 5.41. The molecule has 1 spiro atoms. The number of ketones is 1. The Balaban J connectivity index is 1.62. The number of carbonyl (C=O) groups is 1. The van der Waals surface area contributed by atoms with Crippen molar-refractivity contribution >= 4 is 5.78 Å². The summed E-state index contributed by atoms with van der Waals surface area (Å²) in [6, 6.07) is 0. The van der Waals surface area contributed by atoms with Gasteiger partial charge in [0.15, 0.2) is 5.76 Å². The molecule has 1 saturated heterocycles. The molecule has 0 aromatic heterocycles. The normalized spacial score (nSPS) is 49.7. The molecule has 4 aliphatic carbocycles. The highest BCUT2D eigenvalue weighted by Crippen LogP contribution is 2.73. The van der Waals surface area contributed by atoms with Gasteiger partial charge < -0.3 is 14.6 Å². The van der Waals surface area contributed by atoms with Gasteiger partial charge in [0.05, 0.1) is 13.2 Å². The number of hydrogen-bond donors (Lipinski definition) is 2. The number of ether oxygens (including phenoxy) is 2. The lowest BCUT2D eigenvalue weighted by Gasteiger charge is -2.69. The third-order valence-corrected chi connectivity index (χ3v) is 11.5. The van der Waals surface area contributed by atoms with Gasteiger partial charge in [0.25, 0.3) is 0 Å². The van der Waals surface area contributed by atoms with E-state index >= 15 is 0 Å². The second-order valence-electron chi connectivity index (χ2n) is 13.1. The fraction of sp³-hybridized carbons (Fsp3) is 0.821. The van der Waals surface area contributed by atoms with Crippen LogP contribution >= 0.6 is 0 Å². The maximum atomic E-state index is 13.5. The fourth-order valence-corrected chi connectivity index (χ4v) is 9.63. The summed E-state index contributed by atoms with van der Waals surface area (Å²) in [4.78, 5) is 18.6. The van der Waals surface area contributed by atoms with Crippen molar-refractivity contribution in [2.24, 2.45) is 34.0 Å². The minimum Gasteiger partial charge on any atom is -0.493 e. The molecule has 34 heavy (non-hydrogen) atoms.